The number of carbonyl (C=O) groups is 1. The van der Waals surface area contributed by atoms with Crippen molar-refractivity contribution >= 4 is 33.9 Å². The van der Waals surface area contributed by atoms with Crippen LogP contribution in [0.1, 0.15) is 29.1 Å². The predicted molar refractivity (Wildman–Crippen MR) is 98.3 cm³/mol. The second-order valence-corrected chi connectivity index (χ2v) is 7.85. The van der Waals surface area contributed by atoms with Crippen LogP contribution in [0.2, 0.25) is 0 Å². The Kier molecular flexibility index (Phi) is 5.06. The van der Waals surface area contributed by atoms with Crippen molar-refractivity contribution in [3.63, 3.8) is 0 Å². The summed E-state index contributed by atoms with van der Waals surface area (Å²) in [6, 6.07) is 7.87. The molecule has 1 aromatic heterocycles. The van der Waals surface area contributed by atoms with E-state index < -0.39 is 0 Å². The predicted octanol–water partition coefficient (Wildman–Crippen LogP) is 3.18. The van der Waals surface area contributed by atoms with Crippen LogP contribution >= 0.6 is 23.1 Å². The quantitative estimate of drug-likeness (QED) is 0.766. The van der Waals surface area contributed by atoms with Crippen molar-refractivity contribution < 1.29 is 9.18 Å². The summed E-state index contributed by atoms with van der Waals surface area (Å²) in [7, 11) is 0. The van der Waals surface area contributed by atoms with Gasteiger partial charge >= 0.3 is 0 Å². The van der Waals surface area contributed by atoms with E-state index in [1.807, 2.05) is 0 Å². The van der Waals surface area contributed by atoms with Crippen LogP contribution in [0.4, 0.5) is 4.39 Å². The molecule has 0 radical (unpaired) electrons. The molecule has 0 aliphatic carbocycles. The van der Waals surface area contributed by atoms with Crippen LogP contribution < -0.4 is 9.89 Å². The molecule has 0 bridgehead atoms. The van der Waals surface area contributed by atoms with Gasteiger partial charge in [-0.1, -0.05) is 11.8 Å². The molecular weight excluding hydrogens is 343 g/mol. The standard InChI is InChI=1S/C18H19FN2OS2/c1-4-21-12(3)20-17-15(9-11(2)24-17)18(21)23-10-16(22)13-5-7-14(19)8-6-13/h5-9,12H,4,10H2,1-3H3/t12-/m0/s1. The monoisotopic (exact) mass is 362 g/mol. The molecule has 1 aliphatic rings. The third kappa shape index (κ3) is 3.39. The SMILES string of the molecule is CCN1C(SCC(=O)c2ccc(F)cc2)=c2cc(C)sc2=N[C@@H]1C. The zero-order chi connectivity index (χ0) is 17.3. The summed E-state index contributed by atoms with van der Waals surface area (Å²) in [4.78, 5) is 20.6. The maximum absolute atomic E-state index is 13.0. The topological polar surface area (TPSA) is 32.7 Å². The van der Waals surface area contributed by atoms with Crippen LogP contribution in [-0.2, 0) is 0 Å². The van der Waals surface area contributed by atoms with Gasteiger partial charge in [-0.3, -0.25) is 4.79 Å². The molecule has 3 nitrogen and oxygen atoms in total. The smallest absolute Gasteiger partial charge is 0.173 e. The Morgan fingerprint density at radius 2 is 2.08 bits per heavy atom. The van der Waals surface area contributed by atoms with Gasteiger partial charge in [0.1, 0.15) is 16.7 Å². The Bertz CT molecular complexity index is 873. The molecule has 0 saturated carbocycles. The van der Waals surface area contributed by atoms with Gasteiger partial charge < -0.3 is 4.90 Å². The summed E-state index contributed by atoms with van der Waals surface area (Å²) in [5.41, 5.74) is 0.544. The fraction of sp³-hybridized carbons (Fsp3) is 0.333. The molecular formula is C18H19FN2OS2. The zero-order valence-corrected chi connectivity index (χ0v) is 15.5. The minimum atomic E-state index is -0.327. The van der Waals surface area contributed by atoms with E-state index in [0.717, 1.165) is 21.5 Å². The third-order valence-corrected chi connectivity index (χ3v) is 6.02. The number of aryl methyl sites for hydroxylation is 1. The largest absolute Gasteiger partial charge is 0.344 e. The first-order valence-corrected chi connectivity index (χ1v) is 9.66. The highest BCUT2D eigenvalue weighted by Gasteiger charge is 2.22. The number of halogens is 1. The van der Waals surface area contributed by atoms with E-state index >= 15 is 0 Å². The number of hydrogen-bond donors (Lipinski definition) is 0. The number of rotatable bonds is 5. The van der Waals surface area contributed by atoms with Gasteiger partial charge in [0.15, 0.2) is 5.78 Å². The highest BCUT2D eigenvalue weighted by Crippen LogP contribution is 2.26. The van der Waals surface area contributed by atoms with Gasteiger partial charge in [-0.15, -0.1) is 11.3 Å². The number of carbonyl (C=O) groups excluding carboxylic acids is 1. The Labute approximate surface area is 148 Å². The molecule has 6 heteroatoms. The van der Waals surface area contributed by atoms with Crippen LogP contribution in [0.3, 0.4) is 0 Å². The van der Waals surface area contributed by atoms with Gasteiger partial charge in [0.05, 0.1) is 10.8 Å². The van der Waals surface area contributed by atoms with E-state index in [2.05, 4.69) is 31.7 Å². The molecule has 0 fully saturated rings. The van der Waals surface area contributed by atoms with Gasteiger partial charge in [-0.05, 0) is 51.1 Å². The normalized spacial score (nSPS) is 16.8. The van der Waals surface area contributed by atoms with E-state index in [9.17, 15) is 9.18 Å². The lowest BCUT2D eigenvalue weighted by Crippen LogP contribution is -2.42. The average Bonchev–Trinajstić information content (AvgIpc) is 2.92. The number of thioether (sulfide) groups is 1. The molecule has 1 aromatic carbocycles. The number of thiophene rings is 1. The van der Waals surface area contributed by atoms with Crippen LogP contribution in [0, 0.1) is 12.7 Å². The number of hydrogen-bond acceptors (Lipinski definition) is 5. The lowest BCUT2D eigenvalue weighted by atomic mass is 10.1. The second kappa shape index (κ2) is 7.07. The summed E-state index contributed by atoms with van der Waals surface area (Å²) < 4.78 is 14.0. The first-order chi connectivity index (χ1) is 11.5. The fourth-order valence-corrected chi connectivity index (χ4v) is 4.95. The average molecular weight is 362 g/mol. The summed E-state index contributed by atoms with van der Waals surface area (Å²) >= 11 is 3.23. The molecule has 0 unspecified atom stereocenters. The van der Waals surface area contributed by atoms with E-state index in [1.165, 1.54) is 17.0 Å². The summed E-state index contributed by atoms with van der Waals surface area (Å²) in [5, 5.41) is 2.23. The number of Topliss-reactive ketones (excluding diaryl/α,β-unsaturated/α-hetero) is 1. The zero-order valence-electron chi connectivity index (χ0n) is 13.9. The Morgan fingerprint density at radius 3 is 2.75 bits per heavy atom. The number of benzene rings is 1. The lowest BCUT2D eigenvalue weighted by Gasteiger charge is -2.31. The van der Waals surface area contributed by atoms with Gasteiger partial charge in [0.25, 0.3) is 0 Å². The Hall–Kier alpha value is -1.66. The Morgan fingerprint density at radius 1 is 1.38 bits per heavy atom. The number of ketones is 1. The van der Waals surface area contributed by atoms with Gasteiger partial charge in [-0.2, -0.15) is 0 Å². The van der Waals surface area contributed by atoms with Crippen molar-refractivity contribution in [3.8, 4) is 0 Å². The van der Waals surface area contributed by atoms with E-state index in [4.69, 9.17) is 4.99 Å². The first kappa shape index (κ1) is 17.2. The maximum Gasteiger partial charge on any atom is 0.173 e. The highest BCUT2D eigenvalue weighted by atomic mass is 32.2. The van der Waals surface area contributed by atoms with Gasteiger partial charge in [0, 0.05) is 22.2 Å². The maximum atomic E-state index is 13.0. The summed E-state index contributed by atoms with van der Waals surface area (Å²) in [6.45, 7) is 7.08. The highest BCUT2D eigenvalue weighted by molar-refractivity contribution is 8.08. The molecule has 24 heavy (non-hydrogen) atoms. The molecule has 0 amide bonds. The molecule has 3 rings (SSSR count). The molecule has 126 valence electrons. The number of nitrogens with zero attached hydrogens (tertiary/aromatic N) is 2. The fourth-order valence-electron chi connectivity index (χ4n) is 2.74. The van der Waals surface area contributed by atoms with Crippen LogP contribution in [0.25, 0.3) is 5.03 Å². The van der Waals surface area contributed by atoms with Crippen molar-refractivity contribution in [2.45, 2.75) is 26.9 Å². The summed E-state index contributed by atoms with van der Waals surface area (Å²) in [6.07, 6.45) is 0.0731. The molecule has 1 aliphatic heterocycles. The molecule has 0 spiro atoms. The van der Waals surface area contributed by atoms with Crippen molar-refractivity contribution in [3.05, 3.63) is 56.5 Å². The van der Waals surface area contributed by atoms with Gasteiger partial charge in [0.2, 0.25) is 0 Å². The van der Waals surface area contributed by atoms with Crippen LogP contribution in [0.15, 0.2) is 35.3 Å². The molecule has 2 aromatic rings. The second-order valence-electron chi connectivity index (χ2n) is 5.65. The van der Waals surface area contributed by atoms with Crippen LogP contribution in [0.5, 0.6) is 0 Å². The van der Waals surface area contributed by atoms with Crippen molar-refractivity contribution in [1.82, 2.24) is 4.90 Å². The minimum Gasteiger partial charge on any atom is -0.344 e. The molecule has 0 saturated heterocycles. The van der Waals surface area contributed by atoms with Crippen molar-refractivity contribution in [2.24, 2.45) is 4.99 Å². The number of fused-ring (bicyclic) bond motifs is 1. The Balaban J connectivity index is 1.88. The van der Waals surface area contributed by atoms with Gasteiger partial charge in [-0.25, -0.2) is 9.38 Å². The minimum absolute atomic E-state index is 0.00669. The van der Waals surface area contributed by atoms with E-state index in [0.29, 0.717) is 11.3 Å². The summed E-state index contributed by atoms with van der Waals surface area (Å²) in [5.74, 6) is 0.0116. The van der Waals surface area contributed by atoms with E-state index in [-0.39, 0.29) is 17.8 Å². The lowest BCUT2D eigenvalue weighted by molar-refractivity contribution is 0.102. The molecule has 0 N–H and O–H groups in total. The van der Waals surface area contributed by atoms with E-state index in [1.54, 1.807) is 35.2 Å². The van der Waals surface area contributed by atoms with Crippen LogP contribution in [-0.4, -0.2) is 29.1 Å². The first-order valence-electron chi connectivity index (χ1n) is 7.86. The van der Waals surface area contributed by atoms with Crippen molar-refractivity contribution in [1.29, 1.82) is 0 Å². The molecule has 1 atom stereocenters. The van der Waals surface area contributed by atoms with Crippen molar-refractivity contribution in [2.75, 3.05) is 12.3 Å². The third-order valence-electron chi connectivity index (χ3n) is 3.93. The molecule has 2 heterocycles.